The minimum Gasteiger partial charge on any atom is -0.284 e. The van der Waals surface area contributed by atoms with Gasteiger partial charge in [0.15, 0.2) is 0 Å². The summed E-state index contributed by atoms with van der Waals surface area (Å²) in [6.45, 7) is 0. The Bertz CT molecular complexity index is 303. The Labute approximate surface area is 71.0 Å². The Hall–Kier alpha value is -1.77. The van der Waals surface area contributed by atoms with Crippen molar-refractivity contribution in [1.82, 2.24) is 5.43 Å². The quantitative estimate of drug-likeness (QED) is 0.672. The van der Waals surface area contributed by atoms with Crippen LogP contribution in [0, 0.1) is 0 Å². The second kappa shape index (κ2) is 3.09. The zero-order valence-corrected chi connectivity index (χ0v) is 6.51. The van der Waals surface area contributed by atoms with Gasteiger partial charge >= 0.3 is 0 Å². The van der Waals surface area contributed by atoms with Crippen LogP contribution in [0.5, 0.6) is 0 Å². The highest BCUT2D eigenvalue weighted by Gasteiger charge is 2.00. The Morgan fingerprint density at radius 3 is 2.67 bits per heavy atom. The van der Waals surface area contributed by atoms with Gasteiger partial charge in [0.1, 0.15) is 6.34 Å². The van der Waals surface area contributed by atoms with E-state index in [1.165, 1.54) is 0 Å². The standard InChI is InChI=1S/C9H9N3/c1-2-4-9(5-3-1)12-7-6-10-8-11-12/h1-8H,(H,10,11). The molecule has 60 valence electrons. The molecular weight excluding hydrogens is 150 g/mol. The summed E-state index contributed by atoms with van der Waals surface area (Å²) < 4.78 is 0. The molecule has 0 radical (unpaired) electrons. The summed E-state index contributed by atoms with van der Waals surface area (Å²) in [4.78, 5) is 3.89. The number of para-hydroxylation sites is 1. The Kier molecular flexibility index (Phi) is 1.78. The number of hydrogen-bond acceptors (Lipinski definition) is 3. The van der Waals surface area contributed by atoms with E-state index in [1.807, 2.05) is 41.5 Å². The van der Waals surface area contributed by atoms with Gasteiger partial charge in [-0.2, -0.15) is 0 Å². The van der Waals surface area contributed by atoms with Crippen molar-refractivity contribution in [2.75, 3.05) is 5.01 Å². The molecule has 1 aromatic carbocycles. The average molecular weight is 159 g/mol. The lowest BCUT2D eigenvalue weighted by molar-refractivity contribution is 0.923. The smallest absolute Gasteiger partial charge is 0.107 e. The topological polar surface area (TPSA) is 27.6 Å². The predicted octanol–water partition coefficient (Wildman–Crippen LogP) is 1.51. The molecule has 3 nitrogen and oxygen atoms in total. The molecule has 1 aliphatic heterocycles. The maximum Gasteiger partial charge on any atom is 0.107 e. The van der Waals surface area contributed by atoms with Crippen molar-refractivity contribution in [2.24, 2.45) is 4.99 Å². The number of rotatable bonds is 1. The number of hydrogen-bond donors (Lipinski definition) is 1. The van der Waals surface area contributed by atoms with Crippen molar-refractivity contribution in [2.45, 2.75) is 0 Å². The van der Waals surface area contributed by atoms with Crippen LogP contribution in [0.2, 0.25) is 0 Å². The zero-order valence-electron chi connectivity index (χ0n) is 6.51. The van der Waals surface area contributed by atoms with Crippen molar-refractivity contribution in [3.63, 3.8) is 0 Å². The van der Waals surface area contributed by atoms with Crippen molar-refractivity contribution in [1.29, 1.82) is 0 Å². The van der Waals surface area contributed by atoms with Gasteiger partial charge in [-0.15, -0.1) is 0 Å². The minimum absolute atomic E-state index is 1.10. The van der Waals surface area contributed by atoms with Crippen molar-refractivity contribution in [3.8, 4) is 0 Å². The van der Waals surface area contributed by atoms with Crippen molar-refractivity contribution >= 4 is 12.0 Å². The largest absolute Gasteiger partial charge is 0.284 e. The molecule has 0 aliphatic carbocycles. The summed E-state index contributed by atoms with van der Waals surface area (Å²) in [5.74, 6) is 0. The third kappa shape index (κ3) is 1.29. The molecule has 1 aromatic rings. The van der Waals surface area contributed by atoms with Gasteiger partial charge < -0.3 is 0 Å². The molecule has 0 spiro atoms. The molecule has 0 fully saturated rings. The lowest BCUT2D eigenvalue weighted by Gasteiger charge is -2.20. The van der Waals surface area contributed by atoms with Crippen LogP contribution in [0.1, 0.15) is 0 Å². The van der Waals surface area contributed by atoms with Gasteiger partial charge in [-0.25, -0.2) is 4.99 Å². The average Bonchev–Trinajstić information content (AvgIpc) is 2.21. The highest BCUT2D eigenvalue weighted by atomic mass is 15.5. The molecular formula is C9H9N3. The molecule has 0 atom stereocenters. The lowest BCUT2D eigenvalue weighted by Crippen LogP contribution is -2.33. The van der Waals surface area contributed by atoms with Crippen LogP contribution in [0.3, 0.4) is 0 Å². The highest BCUT2D eigenvalue weighted by molar-refractivity contribution is 5.63. The van der Waals surface area contributed by atoms with E-state index >= 15 is 0 Å². The zero-order chi connectivity index (χ0) is 8.23. The summed E-state index contributed by atoms with van der Waals surface area (Å²) in [6, 6.07) is 10.0. The first-order valence-electron chi connectivity index (χ1n) is 3.75. The van der Waals surface area contributed by atoms with E-state index in [2.05, 4.69) is 10.4 Å². The molecule has 1 heterocycles. The van der Waals surface area contributed by atoms with Gasteiger partial charge in [0.05, 0.1) is 5.69 Å². The van der Waals surface area contributed by atoms with Crippen LogP contribution in [0.4, 0.5) is 5.69 Å². The summed E-state index contributed by atoms with van der Waals surface area (Å²) in [7, 11) is 0. The molecule has 0 aromatic heterocycles. The molecule has 0 bridgehead atoms. The first-order valence-corrected chi connectivity index (χ1v) is 3.75. The molecule has 3 heteroatoms. The monoisotopic (exact) mass is 159 g/mol. The van der Waals surface area contributed by atoms with E-state index in [9.17, 15) is 0 Å². The van der Waals surface area contributed by atoms with Crippen molar-refractivity contribution < 1.29 is 0 Å². The summed E-state index contributed by atoms with van der Waals surface area (Å²) in [5, 5.41) is 1.90. The molecule has 12 heavy (non-hydrogen) atoms. The summed E-state index contributed by atoms with van der Waals surface area (Å²) in [6.07, 6.45) is 5.26. The molecule has 2 rings (SSSR count). The number of nitrogens with zero attached hydrogens (tertiary/aromatic N) is 2. The van der Waals surface area contributed by atoms with E-state index in [1.54, 1.807) is 12.5 Å². The third-order valence-corrected chi connectivity index (χ3v) is 1.61. The normalized spacial score (nSPS) is 14.5. The fourth-order valence-electron chi connectivity index (χ4n) is 1.04. The SMILES string of the molecule is C1=CN(c2ccccc2)NC=N1. The van der Waals surface area contributed by atoms with Gasteiger partial charge in [-0.1, -0.05) is 18.2 Å². The van der Waals surface area contributed by atoms with Crippen molar-refractivity contribution in [3.05, 3.63) is 42.7 Å². The van der Waals surface area contributed by atoms with E-state index in [4.69, 9.17) is 0 Å². The van der Waals surface area contributed by atoms with Crippen LogP contribution >= 0.6 is 0 Å². The summed E-state index contributed by atoms with van der Waals surface area (Å²) >= 11 is 0. The van der Waals surface area contributed by atoms with E-state index in [-0.39, 0.29) is 0 Å². The molecule has 1 N–H and O–H groups in total. The predicted molar refractivity (Wildman–Crippen MR) is 49.7 cm³/mol. The first kappa shape index (κ1) is 6.91. The van der Waals surface area contributed by atoms with Gasteiger partial charge in [0, 0.05) is 12.4 Å². The van der Waals surface area contributed by atoms with E-state index in [0.29, 0.717) is 0 Å². The van der Waals surface area contributed by atoms with E-state index < -0.39 is 0 Å². The molecule has 0 unspecified atom stereocenters. The number of aliphatic imine (C=N–C) groups is 1. The van der Waals surface area contributed by atoms with Crippen LogP contribution in [0.15, 0.2) is 47.7 Å². The molecule has 0 amide bonds. The van der Waals surface area contributed by atoms with Gasteiger partial charge in [0.25, 0.3) is 0 Å². The Morgan fingerprint density at radius 2 is 2.00 bits per heavy atom. The third-order valence-electron chi connectivity index (χ3n) is 1.61. The van der Waals surface area contributed by atoms with Crippen LogP contribution in [-0.2, 0) is 0 Å². The number of hydrazine groups is 1. The first-order chi connectivity index (χ1) is 5.97. The van der Waals surface area contributed by atoms with E-state index in [0.717, 1.165) is 5.69 Å². The maximum atomic E-state index is 3.89. The number of nitrogens with one attached hydrogen (secondary N) is 1. The summed E-state index contributed by atoms with van der Waals surface area (Å²) in [5.41, 5.74) is 4.09. The van der Waals surface area contributed by atoms with Crippen LogP contribution in [-0.4, -0.2) is 6.34 Å². The molecule has 1 aliphatic rings. The van der Waals surface area contributed by atoms with Gasteiger partial charge in [-0.05, 0) is 12.1 Å². The lowest BCUT2D eigenvalue weighted by atomic mass is 10.3. The highest BCUT2D eigenvalue weighted by Crippen LogP contribution is 2.11. The number of benzene rings is 1. The Morgan fingerprint density at radius 1 is 1.17 bits per heavy atom. The molecule has 0 saturated heterocycles. The maximum absolute atomic E-state index is 3.89. The van der Waals surface area contributed by atoms with Gasteiger partial charge in [0.2, 0.25) is 0 Å². The number of anilines is 1. The fourth-order valence-corrected chi connectivity index (χ4v) is 1.04. The van der Waals surface area contributed by atoms with Crippen LogP contribution < -0.4 is 10.4 Å². The molecule has 0 saturated carbocycles. The van der Waals surface area contributed by atoms with Gasteiger partial charge in [-0.3, -0.25) is 10.4 Å². The fraction of sp³-hybridized carbons (Fsp3) is 0. The Balaban J connectivity index is 2.21. The second-order valence-electron chi connectivity index (χ2n) is 2.41. The van der Waals surface area contributed by atoms with Crippen LogP contribution in [0.25, 0.3) is 0 Å². The second-order valence-corrected chi connectivity index (χ2v) is 2.41. The minimum atomic E-state index is 1.10.